The van der Waals surface area contributed by atoms with Crippen molar-refractivity contribution < 1.29 is 5.11 Å². The van der Waals surface area contributed by atoms with E-state index in [4.69, 9.17) is 0 Å². The molecule has 2 rings (SSSR count). The van der Waals surface area contributed by atoms with Gasteiger partial charge < -0.3 is 10.0 Å². The van der Waals surface area contributed by atoms with E-state index in [-0.39, 0.29) is 0 Å². The number of hydrogen-bond donors (Lipinski definition) is 1. The van der Waals surface area contributed by atoms with Crippen LogP contribution in [0.3, 0.4) is 0 Å². The predicted molar refractivity (Wildman–Crippen MR) is 66.0 cm³/mol. The zero-order chi connectivity index (χ0) is 12.5. The van der Waals surface area contributed by atoms with Gasteiger partial charge in [0.1, 0.15) is 0 Å². The van der Waals surface area contributed by atoms with E-state index in [1.807, 2.05) is 11.8 Å². The molecule has 1 atom stereocenters. The summed E-state index contributed by atoms with van der Waals surface area (Å²) >= 11 is 0. The zero-order valence-corrected chi connectivity index (χ0v) is 10.8. The van der Waals surface area contributed by atoms with Gasteiger partial charge in [-0.25, -0.2) is 4.98 Å². The standard InChI is InChI=1S/C12H20N4O/c1-4-9-10(5-2)14-15-11(13-9)16-7-6-12(3,17)8-16/h17H,4-8H2,1-3H3. The lowest BCUT2D eigenvalue weighted by molar-refractivity contribution is 0.0838. The summed E-state index contributed by atoms with van der Waals surface area (Å²) < 4.78 is 0. The zero-order valence-electron chi connectivity index (χ0n) is 10.8. The van der Waals surface area contributed by atoms with Crippen molar-refractivity contribution in [2.75, 3.05) is 18.0 Å². The van der Waals surface area contributed by atoms with Crippen LogP contribution in [0.2, 0.25) is 0 Å². The normalized spacial score (nSPS) is 24.4. The summed E-state index contributed by atoms with van der Waals surface area (Å²) in [4.78, 5) is 6.56. The third kappa shape index (κ3) is 2.54. The molecule has 0 aliphatic carbocycles. The van der Waals surface area contributed by atoms with Gasteiger partial charge >= 0.3 is 0 Å². The minimum atomic E-state index is -0.626. The van der Waals surface area contributed by atoms with Gasteiger partial charge in [0, 0.05) is 13.1 Å². The van der Waals surface area contributed by atoms with Crippen molar-refractivity contribution in [1.82, 2.24) is 15.2 Å². The van der Waals surface area contributed by atoms with Crippen molar-refractivity contribution in [3.05, 3.63) is 11.4 Å². The van der Waals surface area contributed by atoms with Crippen LogP contribution in [0.4, 0.5) is 5.95 Å². The van der Waals surface area contributed by atoms with E-state index in [1.54, 1.807) is 0 Å². The van der Waals surface area contributed by atoms with Gasteiger partial charge in [0.05, 0.1) is 17.0 Å². The van der Waals surface area contributed by atoms with E-state index in [0.29, 0.717) is 12.5 Å². The molecule has 1 unspecified atom stereocenters. The molecule has 1 aliphatic heterocycles. The van der Waals surface area contributed by atoms with Crippen molar-refractivity contribution in [1.29, 1.82) is 0 Å². The Balaban J connectivity index is 2.23. The first-order valence-electron chi connectivity index (χ1n) is 6.25. The van der Waals surface area contributed by atoms with Crippen molar-refractivity contribution in [2.45, 2.75) is 45.6 Å². The number of hydrogen-bond acceptors (Lipinski definition) is 5. The fourth-order valence-corrected chi connectivity index (χ4v) is 2.18. The predicted octanol–water partition coefficient (Wildman–Crippen LogP) is 0.957. The maximum atomic E-state index is 9.94. The maximum Gasteiger partial charge on any atom is 0.245 e. The van der Waals surface area contributed by atoms with E-state index in [9.17, 15) is 5.11 Å². The molecular weight excluding hydrogens is 216 g/mol. The Hall–Kier alpha value is -1.23. The average molecular weight is 236 g/mol. The molecule has 1 fully saturated rings. The van der Waals surface area contributed by atoms with Gasteiger partial charge in [-0.3, -0.25) is 0 Å². The van der Waals surface area contributed by atoms with Crippen LogP contribution < -0.4 is 4.90 Å². The summed E-state index contributed by atoms with van der Waals surface area (Å²) in [5.41, 5.74) is 1.37. The Labute approximate surface area is 102 Å². The SMILES string of the molecule is CCc1nnc(N2CCC(C)(O)C2)nc1CC. The maximum absolute atomic E-state index is 9.94. The summed E-state index contributed by atoms with van der Waals surface area (Å²) in [6.07, 6.45) is 2.49. The lowest BCUT2D eigenvalue weighted by Crippen LogP contribution is -2.31. The molecule has 1 N–H and O–H groups in total. The molecule has 0 amide bonds. The summed E-state index contributed by atoms with van der Waals surface area (Å²) in [5.74, 6) is 0.650. The van der Waals surface area contributed by atoms with Crippen molar-refractivity contribution in [3.63, 3.8) is 0 Å². The largest absolute Gasteiger partial charge is 0.388 e. The first-order valence-corrected chi connectivity index (χ1v) is 6.25. The third-order valence-corrected chi connectivity index (χ3v) is 3.23. The summed E-state index contributed by atoms with van der Waals surface area (Å²) in [5, 5.41) is 18.3. The fraction of sp³-hybridized carbons (Fsp3) is 0.750. The molecule has 5 nitrogen and oxygen atoms in total. The monoisotopic (exact) mass is 236 g/mol. The van der Waals surface area contributed by atoms with Gasteiger partial charge in [0.25, 0.3) is 0 Å². The minimum absolute atomic E-state index is 0.587. The fourth-order valence-electron chi connectivity index (χ4n) is 2.18. The first-order chi connectivity index (χ1) is 8.05. The lowest BCUT2D eigenvalue weighted by atomic mass is 10.1. The second kappa shape index (κ2) is 4.56. The van der Waals surface area contributed by atoms with Crippen LogP contribution in [0.25, 0.3) is 0 Å². The van der Waals surface area contributed by atoms with Gasteiger partial charge in [-0.1, -0.05) is 13.8 Å². The van der Waals surface area contributed by atoms with E-state index < -0.39 is 5.60 Å². The molecule has 0 radical (unpaired) electrons. The first kappa shape index (κ1) is 12.2. The molecular formula is C12H20N4O. The van der Waals surface area contributed by atoms with Crippen LogP contribution in [-0.4, -0.2) is 39.0 Å². The highest BCUT2D eigenvalue weighted by molar-refractivity contribution is 5.33. The molecule has 0 bridgehead atoms. The smallest absolute Gasteiger partial charge is 0.245 e. The number of β-amino-alcohol motifs (C(OH)–C–C–N with tert-alkyl or cyclic N) is 1. The van der Waals surface area contributed by atoms with E-state index in [0.717, 1.165) is 37.2 Å². The van der Waals surface area contributed by atoms with Gasteiger partial charge in [0.15, 0.2) is 0 Å². The summed E-state index contributed by atoms with van der Waals surface area (Å²) in [7, 11) is 0. The van der Waals surface area contributed by atoms with Crippen LogP contribution in [-0.2, 0) is 12.8 Å². The van der Waals surface area contributed by atoms with Gasteiger partial charge in [0.2, 0.25) is 5.95 Å². The number of aromatic nitrogens is 3. The molecule has 94 valence electrons. The van der Waals surface area contributed by atoms with Crippen LogP contribution >= 0.6 is 0 Å². The molecule has 5 heteroatoms. The van der Waals surface area contributed by atoms with Crippen LogP contribution in [0.5, 0.6) is 0 Å². The van der Waals surface area contributed by atoms with Crippen molar-refractivity contribution >= 4 is 5.95 Å². The Morgan fingerprint density at radius 1 is 1.24 bits per heavy atom. The quantitative estimate of drug-likeness (QED) is 0.847. The topological polar surface area (TPSA) is 62.1 Å². The molecule has 17 heavy (non-hydrogen) atoms. The van der Waals surface area contributed by atoms with Gasteiger partial charge in [-0.15, -0.1) is 5.10 Å². The second-order valence-electron chi connectivity index (χ2n) is 4.88. The molecule has 1 aliphatic rings. The van der Waals surface area contributed by atoms with E-state index in [2.05, 4.69) is 29.0 Å². The molecule has 2 heterocycles. The van der Waals surface area contributed by atoms with E-state index in [1.165, 1.54) is 0 Å². The Kier molecular flexibility index (Phi) is 3.28. The van der Waals surface area contributed by atoms with Gasteiger partial charge in [-0.05, 0) is 26.2 Å². The van der Waals surface area contributed by atoms with Crippen LogP contribution in [0.1, 0.15) is 38.6 Å². The Morgan fingerprint density at radius 2 is 1.94 bits per heavy atom. The molecule has 1 aromatic heterocycles. The Morgan fingerprint density at radius 3 is 2.47 bits per heavy atom. The van der Waals surface area contributed by atoms with E-state index >= 15 is 0 Å². The second-order valence-corrected chi connectivity index (χ2v) is 4.88. The van der Waals surface area contributed by atoms with Crippen molar-refractivity contribution in [2.24, 2.45) is 0 Å². The highest BCUT2D eigenvalue weighted by atomic mass is 16.3. The number of anilines is 1. The molecule has 0 saturated carbocycles. The highest BCUT2D eigenvalue weighted by Gasteiger charge is 2.33. The van der Waals surface area contributed by atoms with Crippen molar-refractivity contribution in [3.8, 4) is 0 Å². The third-order valence-electron chi connectivity index (χ3n) is 3.23. The summed E-state index contributed by atoms with van der Waals surface area (Å²) in [6.45, 7) is 7.37. The molecule has 0 spiro atoms. The molecule has 1 aromatic rings. The molecule has 1 saturated heterocycles. The lowest BCUT2D eigenvalue weighted by Gasteiger charge is -2.19. The van der Waals surface area contributed by atoms with Crippen LogP contribution in [0.15, 0.2) is 0 Å². The minimum Gasteiger partial charge on any atom is -0.388 e. The van der Waals surface area contributed by atoms with Crippen LogP contribution in [0, 0.1) is 0 Å². The number of nitrogens with zero attached hydrogens (tertiary/aromatic N) is 4. The number of rotatable bonds is 3. The van der Waals surface area contributed by atoms with Gasteiger partial charge in [-0.2, -0.15) is 5.10 Å². The highest BCUT2D eigenvalue weighted by Crippen LogP contribution is 2.23. The number of aryl methyl sites for hydroxylation is 2. The summed E-state index contributed by atoms with van der Waals surface area (Å²) in [6, 6.07) is 0. The molecule has 0 aromatic carbocycles. The number of aliphatic hydroxyl groups is 1. The average Bonchev–Trinajstić information content (AvgIpc) is 2.68. The Bertz CT molecular complexity index is 405.